The SMILES string of the molecule is CC(CCO)CNc1nccn2nccc12. The first-order valence-corrected chi connectivity index (χ1v) is 5.44. The highest BCUT2D eigenvalue weighted by Crippen LogP contribution is 2.13. The molecule has 0 fully saturated rings. The number of hydrogen-bond acceptors (Lipinski definition) is 4. The third-order valence-electron chi connectivity index (χ3n) is 2.56. The fourth-order valence-electron chi connectivity index (χ4n) is 1.59. The number of rotatable bonds is 5. The van der Waals surface area contributed by atoms with Gasteiger partial charge in [0.15, 0.2) is 5.82 Å². The van der Waals surface area contributed by atoms with E-state index in [0.29, 0.717) is 5.92 Å². The largest absolute Gasteiger partial charge is 0.396 e. The van der Waals surface area contributed by atoms with Gasteiger partial charge in [0.2, 0.25) is 0 Å². The van der Waals surface area contributed by atoms with Crippen LogP contribution in [-0.2, 0) is 0 Å². The summed E-state index contributed by atoms with van der Waals surface area (Å²) in [6.45, 7) is 3.13. The lowest BCUT2D eigenvalue weighted by Gasteiger charge is -2.12. The molecule has 5 heteroatoms. The van der Waals surface area contributed by atoms with Crippen LogP contribution < -0.4 is 5.32 Å². The van der Waals surface area contributed by atoms with E-state index in [9.17, 15) is 0 Å². The van der Waals surface area contributed by atoms with Crippen molar-refractivity contribution in [3.8, 4) is 0 Å². The van der Waals surface area contributed by atoms with E-state index in [4.69, 9.17) is 5.11 Å². The van der Waals surface area contributed by atoms with Crippen molar-refractivity contribution >= 4 is 11.3 Å². The Morgan fingerprint density at radius 1 is 1.50 bits per heavy atom. The standard InChI is InChI=1S/C11H16N4O/c1-9(3-7-16)8-13-11-10-2-4-14-15(10)6-5-12-11/h2,4-6,9,16H,3,7-8H2,1H3,(H,12,13). The quantitative estimate of drug-likeness (QED) is 0.793. The second kappa shape index (κ2) is 4.94. The molecule has 0 bridgehead atoms. The summed E-state index contributed by atoms with van der Waals surface area (Å²) in [5, 5.41) is 16.2. The lowest BCUT2D eigenvalue weighted by molar-refractivity contribution is 0.266. The molecule has 2 aromatic heterocycles. The van der Waals surface area contributed by atoms with Crippen LogP contribution in [0.3, 0.4) is 0 Å². The zero-order valence-electron chi connectivity index (χ0n) is 9.30. The number of fused-ring (bicyclic) bond motifs is 1. The van der Waals surface area contributed by atoms with Gasteiger partial charge in [-0.3, -0.25) is 0 Å². The van der Waals surface area contributed by atoms with Crippen molar-refractivity contribution in [2.24, 2.45) is 5.92 Å². The average molecular weight is 220 g/mol. The van der Waals surface area contributed by atoms with Crippen molar-refractivity contribution in [2.45, 2.75) is 13.3 Å². The van der Waals surface area contributed by atoms with Gasteiger partial charge in [-0.25, -0.2) is 9.50 Å². The highest BCUT2D eigenvalue weighted by Gasteiger charge is 2.05. The number of aliphatic hydroxyl groups is 1. The smallest absolute Gasteiger partial charge is 0.152 e. The molecule has 16 heavy (non-hydrogen) atoms. The van der Waals surface area contributed by atoms with Crippen LogP contribution >= 0.6 is 0 Å². The van der Waals surface area contributed by atoms with E-state index in [0.717, 1.165) is 24.3 Å². The number of anilines is 1. The molecule has 5 nitrogen and oxygen atoms in total. The van der Waals surface area contributed by atoms with Crippen LogP contribution in [0, 0.1) is 5.92 Å². The zero-order valence-corrected chi connectivity index (χ0v) is 9.30. The molecule has 2 heterocycles. The predicted molar refractivity (Wildman–Crippen MR) is 62.3 cm³/mol. The van der Waals surface area contributed by atoms with Gasteiger partial charge in [0.1, 0.15) is 5.52 Å². The van der Waals surface area contributed by atoms with Gasteiger partial charge in [-0.15, -0.1) is 0 Å². The van der Waals surface area contributed by atoms with E-state index in [2.05, 4.69) is 22.3 Å². The second-order valence-corrected chi connectivity index (χ2v) is 3.94. The summed E-state index contributed by atoms with van der Waals surface area (Å²) >= 11 is 0. The van der Waals surface area contributed by atoms with E-state index in [-0.39, 0.29) is 6.61 Å². The lowest BCUT2D eigenvalue weighted by atomic mass is 10.1. The summed E-state index contributed by atoms with van der Waals surface area (Å²) in [6.07, 6.45) is 6.09. The van der Waals surface area contributed by atoms with Crippen LogP contribution in [0.4, 0.5) is 5.82 Å². The van der Waals surface area contributed by atoms with Gasteiger partial charge in [-0.05, 0) is 18.4 Å². The minimum Gasteiger partial charge on any atom is -0.396 e. The van der Waals surface area contributed by atoms with Gasteiger partial charge in [0, 0.05) is 25.5 Å². The highest BCUT2D eigenvalue weighted by atomic mass is 16.3. The molecule has 1 atom stereocenters. The van der Waals surface area contributed by atoms with Crippen LogP contribution in [-0.4, -0.2) is 32.9 Å². The van der Waals surface area contributed by atoms with Gasteiger partial charge in [-0.2, -0.15) is 5.10 Å². The van der Waals surface area contributed by atoms with Crippen molar-refractivity contribution in [3.05, 3.63) is 24.7 Å². The topological polar surface area (TPSA) is 62.5 Å². The molecule has 1 unspecified atom stereocenters. The summed E-state index contributed by atoms with van der Waals surface area (Å²) < 4.78 is 1.78. The molecule has 0 aliphatic rings. The first-order valence-electron chi connectivity index (χ1n) is 5.44. The number of nitrogens with zero attached hydrogens (tertiary/aromatic N) is 3. The highest BCUT2D eigenvalue weighted by molar-refractivity contribution is 5.66. The van der Waals surface area contributed by atoms with E-state index in [1.54, 1.807) is 16.9 Å². The molecule has 0 radical (unpaired) electrons. The maximum Gasteiger partial charge on any atom is 0.152 e. The number of nitrogens with one attached hydrogen (secondary N) is 1. The average Bonchev–Trinajstić information content (AvgIpc) is 2.75. The van der Waals surface area contributed by atoms with Gasteiger partial charge in [0.05, 0.1) is 6.20 Å². The van der Waals surface area contributed by atoms with Gasteiger partial charge in [-0.1, -0.05) is 6.92 Å². The normalized spacial score (nSPS) is 12.9. The Hall–Kier alpha value is -1.62. The molecule has 0 spiro atoms. The maximum absolute atomic E-state index is 8.82. The Morgan fingerprint density at radius 2 is 2.38 bits per heavy atom. The van der Waals surface area contributed by atoms with Gasteiger partial charge >= 0.3 is 0 Å². The van der Waals surface area contributed by atoms with Gasteiger partial charge < -0.3 is 10.4 Å². The summed E-state index contributed by atoms with van der Waals surface area (Å²) in [6, 6.07) is 1.92. The monoisotopic (exact) mass is 220 g/mol. The molecular weight excluding hydrogens is 204 g/mol. The molecule has 86 valence electrons. The Kier molecular flexibility index (Phi) is 3.36. The predicted octanol–water partition coefficient (Wildman–Crippen LogP) is 1.16. The van der Waals surface area contributed by atoms with Crippen molar-refractivity contribution in [1.82, 2.24) is 14.6 Å². The molecule has 0 saturated heterocycles. The van der Waals surface area contributed by atoms with Crippen molar-refractivity contribution in [3.63, 3.8) is 0 Å². The summed E-state index contributed by atoms with van der Waals surface area (Å²) in [5.74, 6) is 1.26. The third kappa shape index (κ3) is 2.30. The van der Waals surface area contributed by atoms with Crippen molar-refractivity contribution in [2.75, 3.05) is 18.5 Å². The molecule has 2 rings (SSSR count). The molecule has 0 aliphatic heterocycles. The second-order valence-electron chi connectivity index (χ2n) is 3.94. The van der Waals surface area contributed by atoms with Gasteiger partial charge in [0.25, 0.3) is 0 Å². The fourth-order valence-corrected chi connectivity index (χ4v) is 1.59. The van der Waals surface area contributed by atoms with Crippen LogP contribution in [0.5, 0.6) is 0 Å². The third-order valence-corrected chi connectivity index (χ3v) is 2.56. The van der Waals surface area contributed by atoms with Crippen LogP contribution in [0.15, 0.2) is 24.7 Å². The Morgan fingerprint density at radius 3 is 3.19 bits per heavy atom. The maximum atomic E-state index is 8.82. The minimum absolute atomic E-state index is 0.229. The molecule has 2 N–H and O–H groups in total. The van der Waals surface area contributed by atoms with Crippen LogP contribution in [0.2, 0.25) is 0 Å². The van der Waals surface area contributed by atoms with E-state index < -0.39 is 0 Å². The first-order chi connectivity index (χ1) is 7.81. The molecule has 0 aliphatic carbocycles. The number of hydrogen-bond donors (Lipinski definition) is 2. The van der Waals surface area contributed by atoms with Crippen LogP contribution in [0.1, 0.15) is 13.3 Å². The first kappa shape index (κ1) is 10.9. The molecule has 0 aromatic carbocycles. The Labute approximate surface area is 94.1 Å². The fraction of sp³-hybridized carbons (Fsp3) is 0.455. The summed E-state index contributed by atoms with van der Waals surface area (Å²) in [4.78, 5) is 4.28. The molecule has 0 saturated carbocycles. The lowest BCUT2D eigenvalue weighted by Crippen LogP contribution is -2.14. The molecular formula is C11H16N4O. The van der Waals surface area contributed by atoms with Crippen molar-refractivity contribution < 1.29 is 5.11 Å². The van der Waals surface area contributed by atoms with E-state index >= 15 is 0 Å². The number of aliphatic hydroxyl groups excluding tert-OH is 1. The van der Waals surface area contributed by atoms with E-state index in [1.165, 1.54) is 0 Å². The van der Waals surface area contributed by atoms with Crippen molar-refractivity contribution in [1.29, 1.82) is 0 Å². The van der Waals surface area contributed by atoms with Crippen LogP contribution in [0.25, 0.3) is 5.52 Å². The number of aromatic nitrogens is 3. The Balaban J connectivity index is 2.06. The molecule has 2 aromatic rings. The van der Waals surface area contributed by atoms with E-state index in [1.807, 2.05) is 12.3 Å². The minimum atomic E-state index is 0.229. The Bertz CT molecular complexity index is 454. The summed E-state index contributed by atoms with van der Waals surface area (Å²) in [5.41, 5.74) is 0.971. The zero-order chi connectivity index (χ0) is 11.4. The summed E-state index contributed by atoms with van der Waals surface area (Å²) in [7, 11) is 0. The molecule has 0 amide bonds.